The van der Waals surface area contributed by atoms with Crippen LogP contribution in [0.2, 0.25) is 5.02 Å². The van der Waals surface area contributed by atoms with Crippen molar-refractivity contribution in [2.24, 2.45) is 5.92 Å². The number of hydrogen-bond donors (Lipinski definition) is 1. The standard InChI is InChI=1S/C13H18ClNO/c1-8-4-10(5-8)15-12-6-9(2)11(14)7-13(12)16-3/h6-8,10,15H,4-5H2,1-3H3. The van der Waals surface area contributed by atoms with E-state index in [1.165, 1.54) is 12.8 Å². The Morgan fingerprint density at radius 1 is 1.38 bits per heavy atom. The predicted molar refractivity (Wildman–Crippen MR) is 68.5 cm³/mol. The van der Waals surface area contributed by atoms with Crippen LogP contribution in [-0.4, -0.2) is 13.2 Å². The summed E-state index contributed by atoms with van der Waals surface area (Å²) in [5.74, 6) is 1.67. The van der Waals surface area contributed by atoms with Gasteiger partial charge in [0.1, 0.15) is 5.75 Å². The van der Waals surface area contributed by atoms with Crippen LogP contribution in [-0.2, 0) is 0 Å². The van der Waals surface area contributed by atoms with Gasteiger partial charge >= 0.3 is 0 Å². The lowest BCUT2D eigenvalue weighted by molar-refractivity contribution is 0.308. The van der Waals surface area contributed by atoms with E-state index in [0.29, 0.717) is 6.04 Å². The van der Waals surface area contributed by atoms with Gasteiger partial charge in [-0.1, -0.05) is 18.5 Å². The fourth-order valence-electron chi connectivity index (χ4n) is 2.19. The van der Waals surface area contributed by atoms with E-state index in [0.717, 1.165) is 27.9 Å². The van der Waals surface area contributed by atoms with Gasteiger partial charge in [0.15, 0.2) is 0 Å². The molecule has 1 aliphatic rings. The molecule has 0 aromatic heterocycles. The number of anilines is 1. The Morgan fingerprint density at radius 3 is 2.62 bits per heavy atom. The number of halogens is 1. The van der Waals surface area contributed by atoms with Crippen LogP contribution in [0.1, 0.15) is 25.3 Å². The van der Waals surface area contributed by atoms with E-state index < -0.39 is 0 Å². The molecule has 0 saturated heterocycles. The lowest BCUT2D eigenvalue weighted by Gasteiger charge is -2.34. The van der Waals surface area contributed by atoms with Gasteiger partial charge in [0.05, 0.1) is 12.8 Å². The van der Waals surface area contributed by atoms with Crippen LogP contribution in [0.4, 0.5) is 5.69 Å². The number of aryl methyl sites for hydroxylation is 1. The number of methoxy groups -OCH3 is 1. The van der Waals surface area contributed by atoms with Crippen molar-refractivity contribution >= 4 is 17.3 Å². The lowest BCUT2D eigenvalue weighted by Crippen LogP contribution is -2.33. The van der Waals surface area contributed by atoms with Crippen LogP contribution < -0.4 is 10.1 Å². The summed E-state index contributed by atoms with van der Waals surface area (Å²) in [6.45, 7) is 4.29. The van der Waals surface area contributed by atoms with Crippen LogP contribution in [0.25, 0.3) is 0 Å². The summed E-state index contributed by atoms with van der Waals surface area (Å²) < 4.78 is 5.33. The average molecular weight is 240 g/mol. The monoisotopic (exact) mass is 239 g/mol. The highest BCUT2D eigenvalue weighted by atomic mass is 35.5. The summed E-state index contributed by atoms with van der Waals surface area (Å²) in [5, 5.41) is 4.27. The Balaban J connectivity index is 2.15. The highest BCUT2D eigenvalue weighted by Crippen LogP contribution is 2.35. The molecule has 2 rings (SSSR count). The molecule has 1 aromatic carbocycles. The summed E-state index contributed by atoms with van der Waals surface area (Å²) >= 11 is 6.06. The van der Waals surface area contributed by atoms with Crippen molar-refractivity contribution in [1.29, 1.82) is 0 Å². The van der Waals surface area contributed by atoms with Crippen molar-refractivity contribution in [3.05, 3.63) is 22.7 Å². The van der Waals surface area contributed by atoms with Gasteiger partial charge in [-0.05, 0) is 37.3 Å². The molecule has 1 fully saturated rings. The molecule has 0 heterocycles. The summed E-state index contributed by atoms with van der Waals surface area (Å²) in [4.78, 5) is 0. The molecule has 1 N–H and O–H groups in total. The Hall–Kier alpha value is -0.890. The van der Waals surface area contributed by atoms with Crippen molar-refractivity contribution < 1.29 is 4.74 Å². The van der Waals surface area contributed by atoms with Crippen molar-refractivity contribution in [3.63, 3.8) is 0 Å². The maximum Gasteiger partial charge on any atom is 0.143 e. The molecule has 0 aliphatic heterocycles. The van der Waals surface area contributed by atoms with Gasteiger partial charge in [0.2, 0.25) is 0 Å². The molecule has 1 aliphatic carbocycles. The van der Waals surface area contributed by atoms with E-state index in [1.54, 1.807) is 7.11 Å². The zero-order valence-electron chi connectivity index (χ0n) is 10.0. The predicted octanol–water partition coefficient (Wildman–Crippen LogP) is 3.87. The van der Waals surface area contributed by atoms with E-state index in [2.05, 4.69) is 18.3 Å². The molecule has 16 heavy (non-hydrogen) atoms. The van der Waals surface area contributed by atoms with Gasteiger partial charge in [-0.25, -0.2) is 0 Å². The van der Waals surface area contributed by atoms with E-state index in [1.807, 2.05) is 13.0 Å². The first-order valence-electron chi connectivity index (χ1n) is 5.71. The van der Waals surface area contributed by atoms with Gasteiger partial charge in [0, 0.05) is 17.1 Å². The molecule has 0 unspecified atom stereocenters. The second-order valence-electron chi connectivity index (χ2n) is 4.72. The van der Waals surface area contributed by atoms with E-state index in [-0.39, 0.29) is 0 Å². The molecule has 0 bridgehead atoms. The molecule has 1 aromatic rings. The summed E-state index contributed by atoms with van der Waals surface area (Å²) in [5.41, 5.74) is 2.14. The second-order valence-corrected chi connectivity index (χ2v) is 5.13. The van der Waals surface area contributed by atoms with Gasteiger partial charge in [-0.3, -0.25) is 0 Å². The first-order valence-corrected chi connectivity index (χ1v) is 6.08. The van der Waals surface area contributed by atoms with Crippen molar-refractivity contribution in [2.45, 2.75) is 32.7 Å². The number of nitrogens with one attached hydrogen (secondary N) is 1. The number of rotatable bonds is 3. The Kier molecular flexibility index (Phi) is 3.29. The Bertz CT molecular complexity index is 386. The maximum atomic E-state index is 6.06. The SMILES string of the molecule is COc1cc(Cl)c(C)cc1NC1CC(C)C1. The van der Waals surface area contributed by atoms with Crippen molar-refractivity contribution in [1.82, 2.24) is 0 Å². The maximum absolute atomic E-state index is 6.06. The normalized spacial score (nSPS) is 23.8. The molecule has 1 saturated carbocycles. The minimum atomic E-state index is 0.587. The fourth-order valence-corrected chi connectivity index (χ4v) is 2.34. The molecule has 0 radical (unpaired) electrons. The first kappa shape index (κ1) is 11.6. The first-order chi connectivity index (χ1) is 7.60. The third-order valence-electron chi connectivity index (χ3n) is 3.21. The van der Waals surface area contributed by atoms with Gasteiger partial charge in [-0.15, -0.1) is 0 Å². The van der Waals surface area contributed by atoms with Crippen LogP contribution >= 0.6 is 11.6 Å². The molecule has 0 atom stereocenters. The number of ether oxygens (including phenoxy) is 1. The summed E-state index contributed by atoms with van der Waals surface area (Å²) in [7, 11) is 1.68. The molecule has 0 spiro atoms. The molecule has 2 nitrogen and oxygen atoms in total. The third-order valence-corrected chi connectivity index (χ3v) is 3.62. The van der Waals surface area contributed by atoms with Crippen LogP contribution in [0.5, 0.6) is 5.75 Å². The summed E-state index contributed by atoms with van der Waals surface area (Å²) in [6, 6.07) is 4.52. The molecule has 0 amide bonds. The van der Waals surface area contributed by atoms with Crippen LogP contribution in [0, 0.1) is 12.8 Å². The minimum Gasteiger partial charge on any atom is -0.495 e. The smallest absolute Gasteiger partial charge is 0.143 e. The molecular formula is C13H18ClNO. The topological polar surface area (TPSA) is 21.3 Å². The van der Waals surface area contributed by atoms with Gasteiger partial charge in [-0.2, -0.15) is 0 Å². The second kappa shape index (κ2) is 4.54. The highest BCUT2D eigenvalue weighted by Gasteiger charge is 2.25. The third kappa shape index (κ3) is 2.27. The molecule has 3 heteroatoms. The fraction of sp³-hybridized carbons (Fsp3) is 0.538. The Morgan fingerprint density at radius 2 is 2.06 bits per heavy atom. The lowest BCUT2D eigenvalue weighted by atomic mass is 9.82. The van der Waals surface area contributed by atoms with Gasteiger partial charge < -0.3 is 10.1 Å². The summed E-state index contributed by atoms with van der Waals surface area (Å²) in [6.07, 6.45) is 2.48. The average Bonchev–Trinajstić information content (AvgIpc) is 2.20. The zero-order chi connectivity index (χ0) is 11.7. The van der Waals surface area contributed by atoms with Crippen molar-refractivity contribution in [2.75, 3.05) is 12.4 Å². The van der Waals surface area contributed by atoms with E-state index in [4.69, 9.17) is 16.3 Å². The quantitative estimate of drug-likeness (QED) is 0.865. The molecular weight excluding hydrogens is 222 g/mol. The van der Waals surface area contributed by atoms with Crippen LogP contribution in [0.3, 0.4) is 0 Å². The number of benzene rings is 1. The van der Waals surface area contributed by atoms with E-state index in [9.17, 15) is 0 Å². The highest BCUT2D eigenvalue weighted by molar-refractivity contribution is 6.31. The van der Waals surface area contributed by atoms with Crippen LogP contribution in [0.15, 0.2) is 12.1 Å². The number of hydrogen-bond acceptors (Lipinski definition) is 2. The van der Waals surface area contributed by atoms with Crippen molar-refractivity contribution in [3.8, 4) is 5.75 Å². The zero-order valence-corrected chi connectivity index (χ0v) is 10.8. The van der Waals surface area contributed by atoms with E-state index >= 15 is 0 Å². The largest absolute Gasteiger partial charge is 0.495 e. The molecule has 88 valence electrons. The minimum absolute atomic E-state index is 0.587. The van der Waals surface area contributed by atoms with Gasteiger partial charge in [0.25, 0.3) is 0 Å². The Labute approximate surface area is 102 Å².